The average Bonchev–Trinajstić information content (AvgIpc) is 2.58. The van der Waals surface area contributed by atoms with Gasteiger partial charge in [-0.05, 0) is 13.1 Å². The van der Waals surface area contributed by atoms with E-state index in [2.05, 4.69) is 6.58 Å². The van der Waals surface area contributed by atoms with Gasteiger partial charge >= 0.3 is 31.7 Å². The Labute approximate surface area is 171 Å². The van der Waals surface area contributed by atoms with Gasteiger partial charge in [-0.25, -0.2) is 29.6 Å². The Balaban J connectivity index is 3.56. The molecule has 1 N–H and O–H groups in total. The highest BCUT2D eigenvalue weighted by Crippen LogP contribution is 2.51. The van der Waals surface area contributed by atoms with Crippen molar-refractivity contribution in [1.29, 1.82) is 0 Å². The first-order valence-corrected chi connectivity index (χ1v) is 12.0. The summed E-state index contributed by atoms with van der Waals surface area (Å²) >= 11 is 0. The molecular weight excluding hydrogens is 518 g/mol. The lowest BCUT2D eigenvalue weighted by atomic mass is 10.2. The van der Waals surface area contributed by atoms with Crippen LogP contribution in [0.15, 0.2) is 12.7 Å². The predicted octanol–water partition coefficient (Wildman–Crippen LogP) is 0.413. The van der Waals surface area contributed by atoms with Crippen LogP contribution in [0.3, 0.4) is 0 Å². The SMILES string of the molecule is C=CC(F)(C(F)(F)C(F)(F)S(=O)(=O)NS(=O)(=O)C(F)(F)F)S(=O)(=O)N1CCN(C)CC1. The molecule has 0 spiro atoms. The van der Waals surface area contributed by atoms with Crippen LogP contribution < -0.4 is 4.13 Å². The first kappa shape index (κ1) is 27.9. The van der Waals surface area contributed by atoms with E-state index in [0.717, 1.165) is 0 Å². The first-order chi connectivity index (χ1) is 13.5. The number of hydrogen-bond acceptors (Lipinski definition) is 7. The zero-order valence-corrected chi connectivity index (χ0v) is 17.7. The van der Waals surface area contributed by atoms with Crippen LogP contribution in [0, 0.1) is 0 Å². The third kappa shape index (κ3) is 4.41. The largest absolute Gasteiger partial charge is 0.512 e. The minimum absolute atomic E-state index is 0.00876. The van der Waals surface area contributed by atoms with E-state index in [9.17, 15) is 60.4 Å². The second kappa shape index (κ2) is 8.04. The Morgan fingerprint density at radius 3 is 1.58 bits per heavy atom. The normalized spacial score (nSPS) is 20.9. The fraction of sp³-hybridized carbons (Fsp3) is 0.818. The monoisotopic (exact) mass is 533 g/mol. The van der Waals surface area contributed by atoms with Crippen molar-refractivity contribution in [2.24, 2.45) is 0 Å². The molecule has 0 amide bonds. The summed E-state index contributed by atoms with van der Waals surface area (Å²) in [5, 5.41) is -12.6. The number of alkyl halides is 8. The maximum absolute atomic E-state index is 15.0. The highest BCUT2D eigenvalue weighted by Gasteiger charge is 2.80. The van der Waals surface area contributed by atoms with Gasteiger partial charge in [0.05, 0.1) is 0 Å². The first-order valence-electron chi connectivity index (χ1n) is 7.62. The number of nitrogens with zero attached hydrogens (tertiary/aromatic N) is 2. The Morgan fingerprint density at radius 2 is 1.23 bits per heavy atom. The second-order valence-corrected chi connectivity index (χ2v) is 11.9. The average molecular weight is 533 g/mol. The van der Waals surface area contributed by atoms with Gasteiger partial charge < -0.3 is 4.90 Å². The Bertz CT molecular complexity index is 1020. The summed E-state index contributed by atoms with van der Waals surface area (Å²) in [6.07, 6.45) is -0.859. The van der Waals surface area contributed by atoms with Crippen molar-refractivity contribution in [3.8, 4) is 0 Å². The summed E-state index contributed by atoms with van der Waals surface area (Å²) in [6.45, 7) is 0.655. The van der Waals surface area contributed by atoms with Crippen molar-refractivity contribution in [3.05, 3.63) is 12.7 Å². The maximum Gasteiger partial charge on any atom is 0.512 e. The number of piperazine rings is 1. The quantitative estimate of drug-likeness (QED) is 0.355. The van der Waals surface area contributed by atoms with Crippen molar-refractivity contribution >= 4 is 30.1 Å². The topological polar surface area (TPSA) is 121 Å². The van der Waals surface area contributed by atoms with Gasteiger partial charge in [-0.1, -0.05) is 10.7 Å². The summed E-state index contributed by atoms with van der Waals surface area (Å²) < 4.78 is 177. The van der Waals surface area contributed by atoms with Crippen LogP contribution in [0.5, 0.6) is 0 Å². The van der Waals surface area contributed by atoms with Crippen molar-refractivity contribution in [3.63, 3.8) is 0 Å². The van der Waals surface area contributed by atoms with Crippen LogP contribution in [-0.4, -0.2) is 89.4 Å². The number of rotatable bonds is 8. The maximum atomic E-state index is 15.0. The molecule has 1 saturated heterocycles. The fourth-order valence-corrected chi connectivity index (χ4v) is 6.41. The van der Waals surface area contributed by atoms with E-state index >= 15 is 0 Å². The van der Waals surface area contributed by atoms with Crippen LogP contribution in [0.1, 0.15) is 0 Å². The smallest absolute Gasteiger partial charge is 0.304 e. The minimum atomic E-state index is -7.57. The molecule has 1 aliphatic rings. The second-order valence-electron chi connectivity index (χ2n) is 6.18. The third-order valence-corrected chi connectivity index (χ3v) is 9.61. The Morgan fingerprint density at radius 1 is 0.806 bits per heavy atom. The van der Waals surface area contributed by atoms with Gasteiger partial charge in [0.1, 0.15) is 0 Å². The molecule has 1 fully saturated rings. The predicted molar refractivity (Wildman–Crippen MR) is 89.0 cm³/mol. The van der Waals surface area contributed by atoms with Gasteiger partial charge in [-0.3, -0.25) is 0 Å². The molecule has 0 aromatic rings. The zero-order valence-electron chi connectivity index (χ0n) is 15.2. The van der Waals surface area contributed by atoms with Crippen LogP contribution in [0.2, 0.25) is 0 Å². The van der Waals surface area contributed by atoms with E-state index in [1.807, 2.05) is 0 Å². The molecule has 20 heteroatoms. The molecule has 0 saturated carbocycles. The zero-order chi connectivity index (χ0) is 24.9. The van der Waals surface area contributed by atoms with Crippen molar-refractivity contribution in [1.82, 2.24) is 13.3 Å². The van der Waals surface area contributed by atoms with E-state index < -0.39 is 75.0 Å². The van der Waals surface area contributed by atoms with E-state index in [0.29, 0.717) is 0 Å². The molecule has 1 rings (SSSR count). The standard InChI is InChI=1S/C11H15F8N3O6S3/c1-3-8(12,31(27,28)22-6-4-21(2)5-7-22)9(13,14)10(15,16)29(23,24)20-30(25,26)11(17,18)19/h3,20H,1,4-7H2,2H3. The van der Waals surface area contributed by atoms with E-state index in [1.165, 1.54) is 11.9 Å². The van der Waals surface area contributed by atoms with Crippen LogP contribution in [0.25, 0.3) is 0 Å². The highest BCUT2D eigenvalue weighted by molar-refractivity contribution is 8.05. The molecule has 9 nitrogen and oxygen atoms in total. The minimum Gasteiger partial charge on any atom is -0.304 e. The summed E-state index contributed by atoms with van der Waals surface area (Å²) in [5.41, 5.74) is -6.54. The molecule has 1 atom stereocenters. The van der Waals surface area contributed by atoms with E-state index in [1.54, 1.807) is 0 Å². The van der Waals surface area contributed by atoms with Gasteiger partial charge in [-0.2, -0.15) is 35.0 Å². The van der Waals surface area contributed by atoms with Crippen LogP contribution >= 0.6 is 0 Å². The van der Waals surface area contributed by atoms with Gasteiger partial charge in [0, 0.05) is 26.2 Å². The highest BCUT2D eigenvalue weighted by atomic mass is 32.3. The molecule has 1 unspecified atom stereocenters. The van der Waals surface area contributed by atoms with Gasteiger partial charge in [0.15, 0.2) is 0 Å². The van der Waals surface area contributed by atoms with Gasteiger partial charge in [0.25, 0.3) is 20.0 Å². The molecule has 31 heavy (non-hydrogen) atoms. The van der Waals surface area contributed by atoms with Crippen molar-refractivity contribution < 1.29 is 60.4 Å². The Kier molecular flexibility index (Phi) is 7.25. The molecule has 0 aliphatic carbocycles. The molecule has 0 aromatic carbocycles. The lowest BCUT2D eigenvalue weighted by molar-refractivity contribution is -0.197. The summed E-state index contributed by atoms with van der Waals surface area (Å²) in [7, 11) is -19.4. The fourth-order valence-electron chi connectivity index (χ4n) is 2.22. The Hall–Kier alpha value is -1.09. The van der Waals surface area contributed by atoms with Crippen LogP contribution in [0.4, 0.5) is 35.1 Å². The molecule has 1 heterocycles. The molecular formula is C11H15F8N3O6S3. The number of likely N-dealkylation sites (N-methyl/N-ethyl adjacent to an activating group) is 1. The van der Waals surface area contributed by atoms with Crippen molar-refractivity contribution in [2.45, 2.75) is 21.7 Å². The molecule has 184 valence electrons. The summed E-state index contributed by atoms with van der Waals surface area (Å²) in [4.78, 5) is 1.45. The number of halogens is 8. The van der Waals surface area contributed by atoms with E-state index in [4.69, 9.17) is 0 Å². The third-order valence-electron chi connectivity index (χ3n) is 4.10. The number of hydrogen-bond donors (Lipinski definition) is 1. The molecule has 0 bridgehead atoms. The van der Waals surface area contributed by atoms with Gasteiger partial charge in [0.2, 0.25) is 0 Å². The summed E-state index contributed by atoms with van der Waals surface area (Å²) in [5.74, 6) is -6.84. The molecule has 0 aromatic heterocycles. The lowest BCUT2D eigenvalue weighted by Gasteiger charge is -2.39. The van der Waals surface area contributed by atoms with E-state index in [-0.39, 0.29) is 17.4 Å². The molecule has 1 aliphatic heterocycles. The lowest BCUT2D eigenvalue weighted by Crippen LogP contribution is -2.67. The molecule has 0 radical (unpaired) electrons. The van der Waals surface area contributed by atoms with Gasteiger partial charge in [-0.15, -0.1) is 0 Å². The summed E-state index contributed by atoms with van der Waals surface area (Å²) in [6, 6.07) is 0. The van der Waals surface area contributed by atoms with Crippen molar-refractivity contribution in [2.75, 3.05) is 33.2 Å². The number of nitrogens with one attached hydrogen (secondary N) is 1. The van der Waals surface area contributed by atoms with Crippen LogP contribution in [-0.2, 0) is 30.1 Å². The number of sulfonamides is 3.